The number of nitrogens with zero attached hydrogens (tertiary/aromatic N) is 1. The van der Waals surface area contributed by atoms with Gasteiger partial charge in [0.1, 0.15) is 6.54 Å². The zero-order chi connectivity index (χ0) is 17.3. The monoisotopic (exact) mass is 340 g/mol. The summed E-state index contributed by atoms with van der Waals surface area (Å²) in [6.45, 7) is 6.02. The van der Waals surface area contributed by atoms with Crippen LogP contribution in [0.4, 0.5) is 11.4 Å². The number of hydrogen-bond acceptors (Lipinski definition) is 3. The van der Waals surface area contributed by atoms with Crippen molar-refractivity contribution in [3.05, 3.63) is 53.1 Å². The largest absolute Gasteiger partial charge is 0.324 e. The fraction of sp³-hybridized carbons (Fsp3) is 0.263. The van der Waals surface area contributed by atoms with Gasteiger partial charge in [-0.3, -0.25) is 9.59 Å². The minimum absolute atomic E-state index is 0.0309. The van der Waals surface area contributed by atoms with Crippen LogP contribution in [0.25, 0.3) is 0 Å². The number of para-hydroxylation sites is 1. The lowest BCUT2D eigenvalue weighted by Crippen LogP contribution is -2.41. The number of aryl methyl sites for hydroxylation is 3. The van der Waals surface area contributed by atoms with Gasteiger partial charge in [-0.05, 0) is 44.0 Å². The van der Waals surface area contributed by atoms with Gasteiger partial charge in [-0.15, -0.1) is 11.8 Å². The van der Waals surface area contributed by atoms with Gasteiger partial charge in [0, 0.05) is 10.6 Å². The van der Waals surface area contributed by atoms with Crippen LogP contribution in [0.1, 0.15) is 16.7 Å². The first-order valence-electron chi connectivity index (χ1n) is 7.85. The summed E-state index contributed by atoms with van der Waals surface area (Å²) in [5.74, 6) is 0.152. The van der Waals surface area contributed by atoms with Gasteiger partial charge >= 0.3 is 0 Å². The van der Waals surface area contributed by atoms with E-state index >= 15 is 0 Å². The van der Waals surface area contributed by atoms with Crippen molar-refractivity contribution in [3.8, 4) is 0 Å². The maximum atomic E-state index is 12.5. The summed E-state index contributed by atoms with van der Waals surface area (Å²) < 4.78 is 0. The first-order valence-corrected chi connectivity index (χ1v) is 8.84. The Morgan fingerprint density at radius 1 is 1.17 bits per heavy atom. The molecule has 0 unspecified atom stereocenters. The van der Waals surface area contributed by atoms with Gasteiger partial charge in [0.15, 0.2) is 0 Å². The van der Waals surface area contributed by atoms with Gasteiger partial charge in [-0.25, -0.2) is 0 Å². The van der Waals surface area contributed by atoms with Crippen LogP contribution in [-0.2, 0) is 9.59 Å². The minimum atomic E-state index is -0.180. The molecule has 4 nitrogen and oxygen atoms in total. The van der Waals surface area contributed by atoms with Gasteiger partial charge < -0.3 is 10.2 Å². The third kappa shape index (κ3) is 3.31. The summed E-state index contributed by atoms with van der Waals surface area (Å²) in [6.07, 6.45) is 0. The third-order valence-electron chi connectivity index (χ3n) is 4.05. The van der Waals surface area contributed by atoms with Crippen LogP contribution in [0.2, 0.25) is 0 Å². The standard InChI is InChI=1S/C19H20N2O2S/c1-12-8-13(2)19(14(3)9-12)20-17(22)10-21-15-6-4-5-7-16(15)24-11-18(21)23/h4-9H,10-11H2,1-3H3,(H,20,22). The molecule has 2 aromatic rings. The number of thioether (sulfide) groups is 1. The van der Waals surface area contributed by atoms with E-state index in [-0.39, 0.29) is 18.4 Å². The fourth-order valence-corrected chi connectivity index (χ4v) is 3.96. The van der Waals surface area contributed by atoms with Gasteiger partial charge in [-0.2, -0.15) is 0 Å². The number of amides is 2. The van der Waals surface area contributed by atoms with Crippen molar-refractivity contribution < 1.29 is 9.59 Å². The van der Waals surface area contributed by atoms with E-state index in [2.05, 4.69) is 5.32 Å². The van der Waals surface area contributed by atoms with Gasteiger partial charge in [0.05, 0.1) is 11.4 Å². The lowest BCUT2D eigenvalue weighted by atomic mass is 10.1. The van der Waals surface area contributed by atoms with Crippen LogP contribution in [0.5, 0.6) is 0 Å². The van der Waals surface area contributed by atoms with E-state index in [4.69, 9.17) is 0 Å². The van der Waals surface area contributed by atoms with Crippen LogP contribution in [-0.4, -0.2) is 24.1 Å². The molecule has 0 bridgehead atoms. The predicted octanol–water partition coefficient (Wildman–Crippen LogP) is 3.69. The minimum Gasteiger partial charge on any atom is -0.324 e. The Morgan fingerprint density at radius 2 is 1.83 bits per heavy atom. The number of fused-ring (bicyclic) bond motifs is 1. The highest BCUT2D eigenvalue weighted by Crippen LogP contribution is 2.34. The molecule has 1 heterocycles. The Labute approximate surface area is 146 Å². The van der Waals surface area contributed by atoms with E-state index in [0.29, 0.717) is 5.75 Å². The van der Waals surface area contributed by atoms with Crippen LogP contribution in [0, 0.1) is 20.8 Å². The highest BCUT2D eigenvalue weighted by atomic mass is 32.2. The topological polar surface area (TPSA) is 49.4 Å². The summed E-state index contributed by atoms with van der Waals surface area (Å²) in [4.78, 5) is 27.4. The highest BCUT2D eigenvalue weighted by molar-refractivity contribution is 8.00. The Balaban J connectivity index is 1.80. The second kappa shape index (κ2) is 6.69. The third-order valence-corrected chi connectivity index (χ3v) is 5.10. The highest BCUT2D eigenvalue weighted by Gasteiger charge is 2.26. The zero-order valence-corrected chi connectivity index (χ0v) is 14.9. The van der Waals surface area contributed by atoms with E-state index in [0.717, 1.165) is 27.4 Å². The Bertz CT molecular complexity index is 794. The second-order valence-electron chi connectivity index (χ2n) is 6.06. The van der Waals surface area contributed by atoms with Gasteiger partial charge in [0.2, 0.25) is 11.8 Å². The summed E-state index contributed by atoms with van der Waals surface area (Å²) in [6, 6.07) is 11.8. The van der Waals surface area contributed by atoms with E-state index in [1.54, 1.807) is 4.90 Å². The van der Waals surface area contributed by atoms with Crippen LogP contribution in [0.15, 0.2) is 41.3 Å². The molecule has 1 aliphatic rings. The number of anilines is 2. The molecule has 124 valence electrons. The molecule has 0 aromatic heterocycles. The molecule has 2 aromatic carbocycles. The average molecular weight is 340 g/mol. The molecule has 0 atom stereocenters. The van der Waals surface area contributed by atoms with E-state index in [1.807, 2.05) is 57.2 Å². The number of benzene rings is 2. The SMILES string of the molecule is Cc1cc(C)c(NC(=O)CN2C(=O)CSc3ccccc32)c(C)c1. The maximum absolute atomic E-state index is 12.5. The summed E-state index contributed by atoms with van der Waals surface area (Å²) in [7, 11) is 0. The smallest absolute Gasteiger partial charge is 0.244 e. The van der Waals surface area contributed by atoms with Crippen LogP contribution >= 0.6 is 11.8 Å². The van der Waals surface area contributed by atoms with Crippen LogP contribution < -0.4 is 10.2 Å². The molecule has 0 fully saturated rings. The van der Waals surface area contributed by atoms with Gasteiger partial charge in [0.25, 0.3) is 0 Å². The molecule has 0 aliphatic carbocycles. The van der Waals surface area contributed by atoms with Crippen molar-refractivity contribution in [2.45, 2.75) is 25.7 Å². The quantitative estimate of drug-likeness (QED) is 0.927. The predicted molar refractivity (Wildman–Crippen MR) is 98.8 cm³/mol. The van der Waals surface area contributed by atoms with Crippen molar-refractivity contribution in [1.82, 2.24) is 0 Å². The maximum Gasteiger partial charge on any atom is 0.244 e. The van der Waals surface area contributed by atoms with Gasteiger partial charge in [-0.1, -0.05) is 29.8 Å². The molecule has 3 rings (SSSR count). The number of rotatable bonds is 3. The summed E-state index contributed by atoms with van der Waals surface area (Å²) in [5, 5.41) is 2.96. The molecule has 5 heteroatoms. The molecule has 1 aliphatic heterocycles. The normalized spacial score (nSPS) is 13.6. The molecule has 0 radical (unpaired) electrons. The number of carbonyl (C=O) groups is 2. The number of nitrogens with one attached hydrogen (secondary N) is 1. The van der Waals surface area contributed by atoms with E-state index < -0.39 is 0 Å². The Hall–Kier alpha value is -2.27. The van der Waals surface area contributed by atoms with Crippen molar-refractivity contribution in [1.29, 1.82) is 0 Å². The fourth-order valence-electron chi connectivity index (χ4n) is 3.03. The lowest BCUT2D eigenvalue weighted by molar-refractivity contribution is -0.120. The molecule has 2 amide bonds. The first kappa shape index (κ1) is 16.6. The van der Waals surface area contributed by atoms with Crippen molar-refractivity contribution in [2.24, 2.45) is 0 Å². The Kier molecular flexibility index (Phi) is 4.62. The Morgan fingerprint density at radius 3 is 2.54 bits per heavy atom. The molecule has 0 saturated heterocycles. The second-order valence-corrected chi connectivity index (χ2v) is 7.08. The molecule has 0 saturated carbocycles. The number of carbonyl (C=O) groups excluding carboxylic acids is 2. The molecular formula is C19H20N2O2S. The van der Waals surface area contributed by atoms with Crippen LogP contribution in [0.3, 0.4) is 0 Å². The zero-order valence-electron chi connectivity index (χ0n) is 14.1. The first-order chi connectivity index (χ1) is 11.5. The number of hydrogen-bond donors (Lipinski definition) is 1. The van der Waals surface area contributed by atoms with Crippen molar-refractivity contribution >= 4 is 35.0 Å². The van der Waals surface area contributed by atoms with Crippen molar-refractivity contribution in [2.75, 3.05) is 22.5 Å². The molecule has 0 spiro atoms. The molecular weight excluding hydrogens is 320 g/mol. The summed E-state index contributed by atoms with van der Waals surface area (Å²) >= 11 is 1.52. The van der Waals surface area contributed by atoms with E-state index in [1.165, 1.54) is 17.3 Å². The molecule has 24 heavy (non-hydrogen) atoms. The average Bonchev–Trinajstić information content (AvgIpc) is 2.53. The lowest BCUT2D eigenvalue weighted by Gasteiger charge is -2.28. The summed E-state index contributed by atoms with van der Waals surface area (Å²) in [5.41, 5.74) is 4.87. The molecule has 1 N–H and O–H groups in total. The van der Waals surface area contributed by atoms with E-state index in [9.17, 15) is 9.59 Å². The van der Waals surface area contributed by atoms with Crippen molar-refractivity contribution in [3.63, 3.8) is 0 Å².